The van der Waals surface area contributed by atoms with E-state index in [1.165, 1.54) is 11.3 Å². The first-order valence-electron chi connectivity index (χ1n) is 9.71. The summed E-state index contributed by atoms with van der Waals surface area (Å²) >= 11 is 6.15. The fraction of sp³-hybridized carbons (Fsp3) is 0.409. The minimum absolute atomic E-state index is 0.0205. The zero-order valence-corrected chi connectivity index (χ0v) is 18.0. The number of benzene rings is 2. The van der Waals surface area contributed by atoms with Crippen LogP contribution in [0.25, 0.3) is 0 Å². The summed E-state index contributed by atoms with van der Waals surface area (Å²) in [7, 11) is 3.21. The monoisotopic (exact) mass is 417 g/mol. The summed E-state index contributed by atoms with van der Waals surface area (Å²) in [6.45, 7) is 6.40. The molecular weight excluding hydrogens is 390 g/mol. The largest absolute Gasteiger partial charge is 0.493 e. The second-order valence-electron chi connectivity index (χ2n) is 7.16. The van der Waals surface area contributed by atoms with Crippen LogP contribution in [-0.4, -0.2) is 57.8 Å². The summed E-state index contributed by atoms with van der Waals surface area (Å²) in [5.74, 6) is 1.36. The first-order valence-corrected chi connectivity index (χ1v) is 10.1. The van der Waals surface area contributed by atoms with Crippen molar-refractivity contribution in [3.63, 3.8) is 0 Å². The number of anilines is 1. The molecule has 1 saturated heterocycles. The van der Waals surface area contributed by atoms with Gasteiger partial charge in [0.05, 0.1) is 20.8 Å². The molecule has 2 aromatic rings. The summed E-state index contributed by atoms with van der Waals surface area (Å²) < 4.78 is 10.6. The fourth-order valence-electron chi connectivity index (χ4n) is 3.52. The predicted octanol–water partition coefficient (Wildman–Crippen LogP) is 3.10. The van der Waals surface area contributed by atoms with Gasteiger partial charge >= 0.3 is 0 Å². The number of hydrogen-bond donors (Lipinski definition) is 1. The van der Waals surface area contributed by atoms with E-state index in [0.29, 0.717) is 24.6 Å². The van der Waals surface area contributed by atoms with Crippen molar-refractivity contribution in [2.45, 2.75) is 13.5 Å². The number of hydrogen-bond acceptors (Lipinski definition) is 5. The Bertz CT molecular complexity index is 851. The molecule has 7 heteroatoms. The van der Waals surface area contributed by atoms with E-state index in [1.54, 1.807) is 14.2 Å². The molecule has 0 aromatic heterocycles. The molecule has 1 fully saturated rings. The molecule has 3 rings (SSSR count). The van der Waals surface area contributed by atoms with Gasteiger partial charge in [0.2, 0.25) is 5.91 Å². The van der Waals surface area contributed by atoms with Crippen LogP contribution in [0.3, 0.4) is 0 Å². The van der Waals surface area contributed by atoms with Gasteiger partial charge in [0.15, 0.2) is 11.5 Å². The van der Waals surface area contributed by atoms with Crippen LogP contribution in [0, 0.1) is 6.92 Å². The predicted molar refractivity (Wildman–Crippen MR) is 116 cm³/mol. The molecule has 1 heterocycles. The molecule has 1 N–H and O–H groups in total. The summed E-state index contributed by atoms with van der Waals surface area (Å²) in [5, 5.41) is 3.74. The lowest BCUT2D eigenvalue weighted by atomic mass is 10.1. The van der Waals surface area contributed by atoms with Gasteiger partial charge in [-0.05, 0) is 42.3 Å². The number of nitrogens with zero attached hydrogens (tertiary/aromatic N) is 2. The third-order valence-electron chi connectivity index (χ3n) is 5.19. The number of piperazine rings is 1. The molecule has 1 aliphatic rings. The van der Waals surface area contributed by atoms with E-state index in [2.05, 4.69) is 22.0 Å². The molecule has 156 valence electrons. The van der Waals surface area contributed by atoms with E-state index >= 15 is 0 Å². The number of halogens is 1. The number of aryl methyl sites for hydroxylation is 1. The van der Waals surface area contributed by atoms with Gasteiger partial charge in [-0.15, -0.1) is 0 Å². The average molecular weight is 418 g/mol. The zero-order valence-electron chi connectivity index (χ0n) is 17.2. The molecule has 0 atom stereocenters. The lowest BCUT2D eigenvalue weighted by Crippen LogP contribution is -2.49. The van der Waals surface area contributed by atoms with Crippen molar-refractivity contribution in [2.24, 2.45) is 0 Å². The highest BCUT2D eigenvalue weighted by Gasteiger charge is 2.20. The van der Waals surface area contributed by atoms with Crippen molar-refractivity contribution in [2.75, 3.05) is 51.8 Å². The molecule has 0 saturated carbocycles. The number of amides is 1. The topological polar surface area (TPSA) is 54.0 Å². The van der Waals surface area contributed by atoms with E-state index in [9.17, 15) is 4.79 Å². The molecule has 0 aliphatic carbocycles. The summed E-state index contributed by atoms with van der Waals surface area (Å²) in [5.41, 5.74) is 3.36. The molecule has 0 unspecified atom stereocenters. The number of rotatable bonds is 7. The number of methoxy groups -OCH3 is 2. The molecular formula is C22H28ClN3O3. The van der Waals surface area contributed by atoms with Gasteiger partial charge in [0.1, 0.15) is 0 Å². The summed E-state index contributed by atoms with van der Waals surface area (Å²) in [6, 6.07) is 11.6. The molecule has 1 aliphatic heterocycles. The van der Waals surface area contributed by atoms with Crippen molar-refractivity contribution in [3.8, 4) is 11.5 Å². The zero-order chi connectivity index (χ0) is 20.8. The fourth-order valence-corrected chi connectivity index (χ4v) is 3.69. The highest BCUT2D eigenvalue weighted by molar-refractivity contribution is 6.30. The van der Waals surface area contributed by atoms with Crippen molar-refractivity contribution in [3.05, 3.63) is 52.5 Å². The maximum absolute atomic E-state index is 12.4. The van der Waals surface area contributed by atoms with E-state index in [4.69, 9.17) is 21.1 Å². The Morgan fingerprint density at radius 3 is 2.45 bits per heavy atom. The second kappa shape index (κ2) is 9.85. The third kappa shape index (κ3) is 5.55. The standard InChI is InChI=1S/C22H28ClN3O3/c1-16-4-6-18(23)13-19(16)26-10-8-25(9-11-26)15-22(27)24-14-17-5-7-20(28-2)21(12-17)29-3/h4-7,12-13H,8-11,14-15H2,1-3H3,(H,24,27). The lowest BCUT2D eigenvalue weighted by Gasteiger charge is -2.36. The van der Waals surface area contributed by atoms with E-state index in [-0.39, 0.29) is 5.91 Å². The van der Waals surface area contributed by atoms with Gasteiger partial charge in [-0.1, -0.05) is 23.7 Å². The second-order valence-corrected chi connectivity index (χ2v) is 7.60. The molecule has 0 spiro atoms. The first-order chi connectivity index (χ1) is 14.0. The SMILES string of the molecule is COc1ccc(CNC(=O)CN2CCN(c3cc(Cl)ccc3C)CC2)cc1OC. The van der Waals surface area contributed by atoms with Gasteiger partial charge < -0.3 is 19.7 Å². The maximum atomic E-state index is 12.4. The lowest BCUT2D eigenvalue weighted by molar-refractivity contribution is -0.122. The Labute approximate surface area is 177 Å². The van der Waals surface area contributed by atoms with E-state index < -0.39 is 0 Å². The highest BCUT2D eigenvalue weighted by Crippen LogP contribution is 2.27. The van der Waals surface area contributed by atoms with Crippen LogP contribution in [0.15, 0.2) is 36.4 Å². The molecule has 1 amide bonds. The Hall–Kier alpha value is -2.44. The van der Waals surface area contributed by atoms with Gasteiger partial charge in [-0.25, -0.2) is 0 Å². The Morgan fingerprint density at radius 1 is 1.03 bits per heavy atom. The van der Waals surface area contributed by atoms with Crippen molar-refractivity contribution < 1.29 is 14.3 Å². The molecule has 2 aromatic carbocycles. The van der Waals surface area contributed by atoms with Crippen LogP contribution in [0.4, 0.5) is 5.69 Å². The first kappa shape index (κ1) is 21.3. The van der Waals surface area contributed by atoms with Crippen molar-refractivity contribution in [1.82, 2.24) is 10.2 Å². The number of carbonyl (C=O) groups excluding carboxylic acids is 1. The Morgan fingerprint density at radius 2 is 1.76 bits per heavy atom. The molecule has 29 heavy (non-hydrogen) atoms. The number of nitrogens with one attached hydrogen (secondary N) is 1. The summed E-state index contributed by atoms with van der Waals surface area (Å²) in [4.78, 5) is 16.9. The van der Waals surface area contributed by atoms with Gasteiger partial charge in [-0.3, -0.25) is 9.69 Å². The van der Waals surface area contributed by atoms with Crippen molar-refractivity contribution >= 4 is 23.2 Å². The van der Waals surface area contributed by atoms with Crippen LogP contribution in [-0.2, 0) is 11.3 Å². The Balaban J connectivity index is 1.47. The third-order valence-corrected chi connectivity index (χ3v) is 5.42. The van der Waals surface area contributed by atoms with Crippen LogP contribution < -0.4 is 19.7 Å². The van der Waals surface area contributed by atoms with Crippen LogP contribution >= 0.6 is 11.6 Å². The smallest absolute Gasteiger partial charge is 0.234 e. The van der Waals surface area contributed by atoms with Crippen LogP contribution in [0.1, 0.15) is 11.1 Å². The minimum atomic E-state index is 0.0205. The van der Waals surface area contributed by atoms with Gasteiger partial charge in [0.25, 0.3) is 0 Å². The van der Waals surface area contributed by atoms with Crippen LogP contribution in [0.2, 0.25) is 5.02 Å². The van der Waals surface area contributed by atoms with E-state index in [0.717, 1.165) is 36.8 Å². The Kier molecular flexibility index (Phi) is 7.23. The molecule has 6 nitrogen and oxygen atoms in total. The highest BCUT2D eigenvalue weighted by atomic mass is 35.5. The normalized spacial score (nSPS) is 14.6. The van der Waals surface area contributed by atoms with Gasteiger partial charge in [-0.2, -0.15) is 0 Å². The molecule has 0 bridgehead atoms. The number of ether oxygens (including phenoxy) is 2. The minimum Gasteiger partial charge on any atom is -0.493 e. The maximum Gasteiger partial charge on any atom is 0.234 e. The number of carbonyl (C=O) groups is 1. The van der Waals surface area contributed by atoms with Crippen LogP contribution in [0.5, 0.6) is 11.5 Å². The van der Waals surface area contributed by atoms with E-state index in [1.807, 2.05) is 36.4 Å². The summed E-state index contributed by atoms with van der Waals surface area (Å²) in [6.07, 6.45) is 0. The van der Waals surface area contributed by atoms with Gasteiger partial charge in [0, 0.05) is 43.4 Å². The molecule has 0 radical (unpaired) electrons. The quantitative estimate of drug-likeness (QED) is 0.750. The van der Waals surface area contributed by atoms with Crippen molar-refractivity contribution in [1.29, 1.82) is 0 Å². The average Bonchev–Trinajstić information content (AvgIpc) is 2.74.